The lowest BCUT2D eigenvalue weighted by atomic mass is 10.0. The van der Waals surface area contributed by atoms with Gasteiger partial charge in [0.15, 0.2) is 0 Å². The van der Waals surface area contributed by atoms with Crippen LogP contribution >= 0.6 is 0 Å². The van der Waals surface area contributed by atoms with Crippen LogP contribution in [0.25, 0.3) is 16.5 Å². The summed E-state index contributed by atoms with van der Waals surface area (Å²) in [5, 5.41) is 6.20. The second-order valence-corrected chi connectivity index (χ2v) is 15.5. The molecule has 39 heavy (non-hydrogen) atoms. The van der Waals surface area contributed by atoms with Gasteiger partial charge in [0.2, 0.25) is 0 Å². The van der Waals surface area contributed by atoms with Crippen LogP contribution in [-0.2, 0) is 4.43 Å². The lowest BCUT2D eigenvalue weighted by Gasteiger charge is -2.45. The van der Waals surface area contributed by atoms with E-state index in [9.17, 15) is 0 Å². The molecule has 0 spiro atoms. The van der Waals surface area contributed by atoms with E-state index in [0.29, 0.717) is 6.54 Å². The van der Waals surface area contributed by atoms with Gasteiger partial charge in [-0.05, 0) is 63.8 Å². The van der Waals surface area contributed by atoms with Crippen LogP contribution in [0.3, 0.4) is 0 Å². The molecule has 3 aromatic carbocycles. The number of azide groups is 1. The van der Waals surface area contributed by atoms with E-state index in [2.05, 4.69) is 135 Å². The highest BCUT2D eigenvalue weighted by molar-refractivity contribution is 6.99. The SMILES string of the molecule is CCCCCC(O[Si](c1ccccc1)(c1ccccc1)C(C)(C)C)c1cccc(/C=C\CCCCN=[N+]=[N-])c1. The highest BCUT2D eigenvalue weighted by atomic mass is 28.4. The molecule has 5 heteroatoms. The summed E-state index contributed by atoms with van der Waals surface area (Å²) in [6, 6.07) is 30.8. The number of benzene rings is 3. The smallest absolute Gasteiger partial charge is 0.261 e. The number of rotatable bonds is 15. The van der Waals surface area contributed by atoms with Gasteiger partial charge in [-0.3, -0.25) is 0 Å². The van der Waals surface area contributed by atoms with Crippen molar-refractivity contribution in [2.75, 3.05) is 6.54 Å². The summed E-state index contributed by atoms with van der Waals surface area (Å²) in [7, 11) is -2.67. The summed E-state index contributed by atoms with van der Waals surface area (Å²) in [5.74, 6) is 0. The molecule has 0 aliphatic carbocycles. The Morgan fingerprint density at radius 3 is 2.13 bits per heavy atom. The van der Waals surface area contributed by atoms with Gasteiger partial charge in [-0.15, -0.1) is 0 Å². The lowest BCUT2D eigenvalue weighted by Crippen LogP contribution is -2.66. The van der Waals surface area contributed by atoms with Crippen LogP contribution in [0, 0.1) is 0 Å². The molecule has 1 unspecified atom stereocenters. The molecule has 0 amide bonds. The Morgan fingerprint density at radius 2 is 1.54 bits per heavy atom. The van der Waals surface area contributed by atoms with Crippen molar-refractivity contribution >= 4 is 24.8 Å². The zero-order chi connectivity index (χ0) is 28.0. The Hall–Kier alpha value is -3.11. The molecule has 206 valence electrons. The first-order chi connectivity index (χ1) is 18.9. The van der Waals surface area contributed by atoms with Gasteiger partial charge in [0.25, 0.3) is 8.32 Å². The molecular formula is C34H45N3OSi. The molecule has 0 aromatic heterocycles. The molecular weight excluding hydrogens is 494 g/mol. The number of allylic oxidation sites excluding steroid dienone is 1. The Morgan fingerprint density at radius 1 is 0.872 bits per heavy atom. The molecule has 0 saturated carbocycles. The van der Waals surface area contributed by atoms with Gasteiger partial charge in [0, 0.05) is 11.5 Å². The van der Waals surface area contributed by atoms with Crippen LogP contribution in [0.1, 0.15) is 89.9 Å². The van der Waals surface area contributed by atoms with Crippen molar-refractivity contribution in [3.63, 3.8) is 0 Å². The number of hydrogen-bond acceptors (Lipinski definition) is 2. The van der Waals surface area contributed by atoms with E-state index in [1.807, 2.05) is 0 Å². The normalized spacial score (nSPS) is 12.8. The first-order valence-corrected chi connectivity index (χ1v) is 16.4. The van der Waals surface area contributed by atoms with Crippen LogP contribution < -0.4 is 10.4 Å². The summed E-state index contributed by atoms with van der Waals surface area (Å²) in [6.07, 6.45) is 11.9. The minimum Gasteiger partial charge on any atom is -0.400 e. The van der Waals surface area contributed by atoms with Crippen molar-refractivity contribution in [3.8, 4) is 0 Å². The molecule has 3 aromatic rings. The Labute approximate surface area is 236 Å². The van der Waals surface area contributed by atoms with Crippen LogP contribution in [0.2, 0.25) is 5.04 Å². The second-order valence-electron chi connectivity index (χ2n) is 11.3. The zero-order valence-corrected chi connectivity index (χ0v) is 25.2. The number of unbranched alkanes of at least 4 members (excludes halogenated alkanes) is 4. The molecule has 4 nitrogen and oxygen atoms in total. The van der Waals surface area contributed by atoms with Gasteiger partial charge >= 0.3 is 0 Å². The van der Waals surface area contributed by atoms with E-state index in [1.165, 1.54) is 34.3 Å². The molecule has 1 atom stereocenters. The van der Waals surface area contributed by atoms with E-state index in [0.717, 1.165) is 32.1 Å². The highest BCUT2D eigenvalue weighted by Crippen LogP contribution is 2.41. The monoisotopic (exact) mass is 539 g/mol. The third-order valence-corrected chi connectivity index (χ3v) is 12.4. The van der Waals surface area contributed by atoms with Crippen molar-refractivity contribution in [2.24, 2.45) is 5.11 Å². The lowest BCUT2D eigenvalue weighted by molar-refractivity contribution is 0.176. The van der Waals surface area contributed by atoms with E-state index in [-0.39, 0.29) is 11.1 Å². The van der Waals surface area contributed by atoms with E-state index >= 15 is 0 Å². The van der Waals surface area contributed by atoms with Gasteiger partial charge in [-0.2, -0.15) is 0 Å². The fourth-order valence-corrected chi connectivity index (χ4v) is 10.0. The molecule has 0 aliphatic rings. The fraction of sp³-hybridized carbons (Fsp3) is 0.412. The molecule has 0 saturated heterocycles. The quantitative estimate of drug-likeness (QED) is 0.0624. The minimum absolute atomic E-state index is 0.0139. The number of hydrogen-bond donors (Lipinski definition) is 0. The maximum Gasteiger partial charge on any atom is 0.261 e. The maximum atomic E-state index is 8.44. The molecule has 0 fully saturated rings. The molecule has 0 aliphatic heterocycles. The van der Waals surface area contributed by atoms with Crippen LogP contribution in [0.15, 0.2) is 96.1 Å². The van der Waals surface area contributed by atoms with Crippen molar-refractivity contribution in [1.29, 1.82) is 0 Å². The van der Waals surface area contributed by atoms with Crippen LogP contribution in [0.4, 0.5) is 0 Å². The van der Waals surface area contributed by atoms with Gasteiger partial charge in [-0.25, -0.2) is 0 Å². The van der Waals surface area contributed by atoms with Crippen molar-refractivity contribution in [3.05, 3.63) is 113 Å². The highest BCUT2D eigenvalue weighted by Gasteiger charge is 2.51. The maximum absolute atomic E-state index is 8.44. The van der Waals surface area contributed by atoms with E-state index in [4.69, 9.17) is 9.96 Å². The largest absolute Gasteiger partial charge is 0.400 e. The average molecular weight is 540 g/mol. The standard InChI is InChI=1S/C34H45N3OSi/c1-5-6-11-26-33(30-21-18-20-29(28-30)19-12-7-8-17-27-36-37-35)38-39(34(2,3)4,31-22-13-9-14-23-31)32-24-15-10-16-25-32/h9-10,12-16,18-25,28,33H,5-8,11,17,26-27H2,1-4H3/b19-12-. The second kappa shape index (κ2) is 15.5. The van der Waals surface area contributed by atoms with Crippen molar-refractivity contribution < 1.29 is 4.43 Å². The van der Waals surface area contributed by atoms with Gasteiger partial charge in [0.1, 0.15) is 0 Å². The third kappa shape index (κ3) is 8.43. The topological polar surface area (TPSA) is 58.0 Å². The Kier molecular flexibility index (Phi) is 12.1. The van der Waals surface area contributed by atoms with Crippen LogP contribution in [0.5, 0.6) is 0 Å². The predicted molar refractivity (Wildman–Crippen MR) is 169 cm³/mol. The number of nitrogens with zero attached hydrogens (tertiary/aromatic N) is 3. The molecule has 0 heterocycles. The van der Waals surface area contributed by atoms with Crippen molar-refractivity contribution in [1.82, 2.24) is 0 Å². The zero-order valence-electron chi connectivity index (χ0n) is 24.2. The summed E-state index contributed by atoms with van der Waals surface area (Å²) in [6.45, 7) is 9.88. The molecule has 0 N–H and O–H groups in total. The van der Waals surface area contributed by atoms with E-state index < -0.39 is 8.32 Å². The molecule has 0 bridgehead atoms. The van der Waals surface area contributed by atoms with Crippen LogP contribution in [-0.4, -0.2) is 14.9 Å². The first kappa shape index (κ1) is 30.4. The minimum atomic E-state index is -2.67. The first-order valence-electron chi connectivity index (χ1n) is 14.5. The predicted octanol–water partition coefficient (Wildman–Crippen LogP) is 9.38. The fourth-order valence-electron chi connectivity index (χ4n) is 5.35. The average Bonchev–Trinajstić information content (AvgIpc) is 2.95. The molecule has 3 rings (SSSR count). The van der Waals surface area contributed by atoms with Gasteiger partial charge < -0.3 is 4.43 Å². The van der Waals surface area contributed by atoms with Gasteiger partial charge in [0.05, 0.1) is 6.10 Å². The Bertz CT molecular complexity index is 1160. The summed E-state index contributed by atoms with van der Waals surface area (Å²) >= 11 is 0. The summed E-state index contributed by atoms with van der Waals surface area (Å²) < 4.78 is 7.62. The Balaban J connectivity index is 1.99. The molecule has 0 radical (unpaired) electrons. The summed E-state index contributed by atoms with van der Waals surface area (Å²) in [5.41, 5.74) is 10.9. The third-order valence-electron chi connectivity index (χ3n) is 7.34. The van der Waals surface area contributed by atoms with E-state index in [1.54, 1.807) is 0 Å². The van der Waals surface area contributed by atoms with Gasteiger partial charge in [-0.1, -0.05) is 143 Å². The van der Waals surface area contributed by atoms with Crippen molar-refractivity contribution in [2.45, 2.75) is 83.8 Å². The summed E-state index contributed by atoms with van der Waals surface area (Å²) in [4.78, 5) is 2.83.